The molecule has 0 atom stereocenters. The number of hydrogen-bond acceptors (Lipinski definition) is 3. The minimum absolute atomic E-state index is 0.824. The Bertz CT molecular complexity index is 1650. The Morgan fingerprint density at radius 2 is 1.53 bits per heavy atom. The van der Waals surface area contributed by atoms with Gasteiger partial charge >= 0.3 is 6.18 Å². The molecule has 0 unspecified atom stereocenters. The molecule has 34 heavy (non-hydrogen) atoms. The highest BCUT2D eigenvalue weighted by molar-refractivity contribution is 6.19. The Labute approximate surface area is 190 Å². The maximum Gasteiger partial charge on any atom is 0.430 e. The fraction of sp³-hybridized carbons (Fsp3) is 0.0769. The van der Waals surface area contributed by atoms with Gasteiger partial charge in [0.25, 0.3) is 5.65 Å². The molecule has 170 valence electrons. The summed E-state index contributed by atoms with van der Waals surface area (Å²) in [5, 5.41) is 12.3. The Balaban J connectivity index is 0.000000304. The molecule has 0 bridgehead atoms. The van der Waals surface area contributed by atoms with Crippen molar-refractivity contribution in [1.82, 2.24) is 4.40 Å². The Kier molecular flexibility index (Phi) is 5.20. The van der Waals surface area contributed by atoms with E-state index in [2.05, 4.69) is 88.1 Å². The van der Waals surface area contributed by atoms with Crippen LogP contribution in [-0.2, 0) is 11.3 Å². The molecule has 3 heterocycles. The summed E-state index contributed by atoms with van der Waals surface area (Å²) in [6, 6.07) is 27.3. The zero-order chi connectivity index (χ0) is 23.9. The molecule has 0 aliphatic heterocycles. The van der Waals surface area contributed by atoms with Gasteiger partial charge in [0.15, 0.2) is 5.58 Å². The van der Waals surface area contributed by atoms with Gasteiger partial charge in [-0.15, -0.1) is 0 Å². The predicted octanol–water partition coefficient (Wildman–Crippen LogP) is 4.63. The summed E-state index contributed by atoms with van der Waals surface area (Å²) in [5.41, 5.74) is 5.49. The summed E-state index contributed by atoms with van der Waals surface area (Å²) < 4.78 is 42.5. The number of carboxylic acids is 1. The maximum absolute atomic E-state index is 10.5. The Morgan fingerprint density at radius 1 is 0.912 bits per heavy atom. The van der Waals surface area contributed by atoms with Gasteiger partial charge in [0.2, 0.25) is 0 Å². The molecule has 0 aliphatic carbocycles. The van der Waals surface area contributed by atoms with E-state index in [1.165, 1.54) is 10.9 Å². The zero-order valence-electron chi connectivity index (χ0n) is 17.6. The number of aromatic nitrogens is 2. The van der Waals surface area contributed by atoms with Crippen LogP contribution in [0.5, 0.6) is 0 Å². The molecule has 0 radical (unpaired) electrons. The summed E-state index contributed by atoms with van der Waals surface area (Å²) in [5.74, 6) is -3.01. The number of benzene rings is 3. The molecule has 0 saturated heterocycles. The third kappa shape index (κ3) is 3.73. The highest BCUT2D eigenvalue weighted by Crippen LogP contribution is 2.36. The normalized spacial score (nSPS) is 11.7. The van der Waals surface area contributed by atoms with Crippen LogP contribution in [0.25, 0.3) is 38.5 Å². The van der Waals surface area contributed by atoms with Gasteiger partial charge in [-0.3, -0.25) is 0 Å². The van der Waals surface area contributed by atoms with Crippen molar-refractivity contribution in [2.24, 2.45) is 0 Å². The number of aliphatic carboxylic acids is 1. The summed E-state index contributed by atoms with van der Waals surface area (Å²) in [7, 11) is 0. The van der Waals surface area contributed by atoms with Gasteiger partial charge < -0.3 is 14.3 Å². The molecule has 8 heteroatoms. The fourth-order valence-corrected chi connectivity index (χ4v) is 4.13. The highest BCUT2D eigenvalue weighted by atomic mass is 19.4. The molecule has 6 rings (SSSR count). The molecule has 0 saturated carbocycles. The van der Waals surface area contributed by atoms with Gasteiger partial charge in [0.05, 0.1) is 5.39 Å². The number of nitrogens with zero attached hydrogens (tertiary/aromatic N) is 2. The van der Waals surface area contributed by atoms with Gasteiger partial charge in [-0.05, 0) is 23.8 Å². The quantitative estimate of drug-likeness (QED) is 0.353. The lowest BCUT2D eigenvalue weighted by atomic mass is 10.1. The third-order valence-electron chi connectivity index (χ3n) is 5.55. The topological polar surface area (TPSA) is 61.6 Å². The van der Waals surface area contributed by atoms with Gasteiger partial charge in [0.1, 0.15) is 41.4 Å². The summed E-state index contributed by atoms with van der Waals surface area (Å²) in [6.45, 7) is 0.824. The number of furan rings is 1. The number of para-hydroxylation sites is 2. The van der Waals surface area contributed by atoms with E-state index in [4.69, 9.17) is 14.3 Å². The van der Waals surface area contributed by atoms with Crippen LogP contribution in [0.2, 0.25) is 0 Å². The van der Waals surface area contributed by atoms with Crippen molar-refractivity contribution >= 4 is 44.5 Å². The standard InChI is InChI=1S/C24H17N2O.C2HF3O2/c1-2-8-17(9-3-1)16-25-14-15-26-20-12-6-4-10-18(20)23-22(24(25)26)19-11-5-7-13-21(19)27-23;3-2(4,5)1(6)7/h1-15H,16H2;(H,6,7)/q+1;/p-1. The number of carbonyl (C=O) groups is 1. The molecule has 3 aromatic carbocycles. The van der Waals surface area contributed by atoms with Crippen molar-refractivity contribution in [3.63, 3.8) is 0 Å². The number of rotatable bonds is 2. The fourth-order valence-electron chi connectivity index (χ4n) is 4.13. The van der Waals surface area contributed by atoms with Crippen LogP contribution in [0, 0.1) is 0 Å². The second-order valence-electron chi connectivity index (χ2n) is 7.71. The van der Waals surface area contributed by atoms with Crippen molar-refractivity contribution in [3.8, 4) is 0 Å². The van der Waals surface area contributed by atoms with Gasteiger partial charge in [-0.1, -0.05) is 60.7 Å². The summed E-state index contributed by atoms with van der Waals surface area (Å²) in [4.78, 5) is 8.78. The number of hydrogen-bond donors (Lipinski definition) is 0. The van der Waals surface area contributed by atoms with Gasteiger partial charge in [-0.25, -0.2) is 4.57 Å². The van der Waals surface area contributed by atoms with Crippen LogP contribution < -0.4 is 9.67 Å². The lowest BCUT2D eigenvalue weighted by molar-refractivity contribution is -0.661. The number of alkyl halides is 3. The molecular weight excluding hydrogens is 445 g/mol. The summed E-state index contributed by atoms with van der Waals surface area (Å²) in [6.07, 6.45) is -0.877. The third-order valence-corrected chi connectivity index (χ3v) is 5.55. The van der Waals surface area contributed by atoms with Crippen LogP contribution in [0.3, 0.4) is 0 Å². The van der Waals surface area contributed by atoms with Crippen LogP contribution in [0.4, 0.5) is 13.2 Å². The van der Waals surface area contributed by atoms with E-state index in [9.17, 15) is 13.2 Å². The smallest absolute Gasteiger partial charge is 0.430 e. The first-order valence-electron chi connectivity index (χ1n) is 10.4. The number of carboxylic acid groups (broad SMARTS) is 1. The molecule has 3 aromatic heterocycles. The van der Waals surface area contributed by atoms with Crippen molar-refractivity contribution in [3.05, 3.63) is 96.8 Å². The van der Waals surface area contributed by atoms with E-state index in [-0.39, 0.29) is 0 Å². The van der Waals surface area contributed by atoms with Crippen molar-refractivity contribution in [1.29, 1.82) is 0 Å². The van der Waals surface area contributed by atoms with Gasteiger partial charge in [-0.2, -0.15) is 17.6 Å². The van der Waals surface area contributed by atoms with Crippen LogP contribution >= 0.6 is 0 Å². The predicted molar refractivity (Wildman–Crippen MR) is 119 cm³/mol. The van der Waals surface area contributed by atoms with E-state index >= 15 is 0 Å². The van der Waals surface area contributed by atoms with E-state index in [0.29, 0.717) is 0 Å². The largest absolute Gasteiger partial charge is 0.542 e. The second-order valence-corrected chi connectivity index (χ2v) is 7.71. The van der Waals surface area contributed by atoms with E-state index in [1.807, 2.05) is 12.1 Å². The molecular formula is C26H17F3N2O3. The average molecular weight is 462 g/mol. The van der Waals surface area contributed by atoms with Crippen LogP contribution in [-0.4, -0.2) is 16.5 Å². The van der Waals surface area contributed by atoms with E-state index < -0.39 is 12.1 Å². The molecule has 0 amide bonds. The number of imidazole rings is 1. The first-order valence-corrected chi connectivity index (χ1v) is 10.4. The lowest BCUT2D eigenvalue weighted by Gasteiger charge is -2.03. The molecule has 0 fully saturated rings. The number of halogens is 3. The Morgan fingerprint density at radius 3 is 2.24 bits per heavy atom. The Hall–Kier alpha value is -4.33. The second kappa shape index (κ2) is 8.22. The SMILES string of the molecule is O=C([O-])C(F)(F)F.c1ccc(C[n+]2ccn3c4ccccc4c4oc5ccccc5c4c32)cc1. The minimum Gasteiger partial charge on any atom is -0.542 e. The van der Waals surface area contributed by atoms with Crippen molar-refractivity contribution in [2.45, 2.75) is 12.7 Å². The van der Waals surface area contributed by atoms with Crippen molar-refractivity contribution in [2.75, 3.05) is 0 Å². The molecule has 0 spiro atoms. The highest BCUT2D eigenvalue weighted by Gasteiger charge is 2.29. The monoisotopic (exact) mass is 462 g/mol. The number of carbonyl (C=O) groups excluding carboxylic acids is 1. The van der Waals surface area contributed by atoms with E-state index in [0.717, 1.165) is 39.6 Å². The van der Waals surface area contributed by atoms with E-state index in [1.54, 1.807) is 0 Å². The van der Waals surface area contributed by atoms with Crippen molar-refractivity contribution < 1.29 is 32.1 Å². The van der Waals surface area contributed by atoms with Crippen LogP contribution in [0.1, 0.15) is 5.56 Å². The molecule has 6 aromatic rings. The number of pyridine rings is 1. The first kappa shape index (κ1) is 21.5. The lowest BCUT2D eigenvalue weighted by Crippen LogP contribution is -2.37. The zero-order valence-corrected chi connectivity index (χ0v) is 17.6. The maximum atomic E-state index is 10.5. The van der Waals surface area contributed by atoms with Crippen LogP contribution in [0.15, 0.2) is 95.7 Å². The number of fused-ring (bicyclic) bond motifs is 8. The first-order chi connectivity index (χ1) is 16.3. The molecule has 5 nitrogen and oxygen atoms in total. The summed E-state index contributed by atoms with van der Waals surface area (Å²) >= 11 is 0. The average Bonchev–Trinajstić information content (AvgIpc) is 3.41. The molecule has 0 aliphatic rings. The van der Waals surface area contributed by atoms with Gasteiger partial charge in [0, 0.05) is 5.39 Å². The molecule has 0 N–H and O–H groups in total. The minimum atomic E-state index is -5.19.